The van der Waals surface area contributed by atoms with E-state index in [2.05, 4.69) is 0 Å². The maximum absolute atomic E-state index is 13.3. The number of ether oxygens (including phenoxy) is 2. The number of anilines is 1. The number of halogens is 1. The number of nitriles is 1. The fourth-order valence-corrected chi connectivity index (χ4v) is 2.25. The molecule has 0 aliphatic rings. The minimum atomic E-state index is -0.782. The average Bonchev–Trinajstić information content (AvgIpc) is 2.64. The SMILES string of the molecule is COc1ccc(F)cc1COC(=O)/C(C#N)=C/c1ccc(N(C)C)cc1. The lowest BCUT2D eigenvalue weighted by atomic mass is 10.1. The molecule has 0 saturated carbocycles. The minimum absolute atomic E-state index is 0.141. The van der Waals surface area contributed by atoms with Crippen molar-refractivity contribution in [1.82, 2.24) is 0 Å². The van der Waals surface area contributed by atoms with Gasteiger partial charge in [-0.2, -0.15) is 5.26 Å². The van der Waals surface area contributed by atoms with Crippen molar-refractivity contribution < 1.29 is 18.7 Å². The summed E-state index contributed by atoms with van der Waals surface area (Å²) in [6.07, 6.45) is 1.45. The molecule has 6 heteroatoms. The Morgan fingerprint density at radius 1 is 1.23 bits per heavy atom. The second-order valence-corrected chi connectivity index (χ2v) is 5.69. The molecule has 0 atom stereocenters. The van der Waals surface area contributed by atoms with Crippen molar-refractivity contribution in [3.05, 3.63) is 65.0 Å². The van der Waals surface area contributed by atoms with Gasteiger partial charge in [0, 0.05) is 25.3 Å². The number of benzene rings is 2. The Morgan fingerprint density at radius 2 is 1.92 bits per heavy atom. The molecule has 0 fully saturated rings. The van der Waals surface area contributed by atoms with Gasteiger partial charge in [0.25, 0.3) is 0 Å². The van der Waals surface area contributed by atoms with Crippen LogP contribution in [0.2, 0.25) is 0 Å². The standard InChI is InChI=1S/C20H19FN2O3/c1-23(2)18-7-4-14(5-8-18)10-15(12-22)20(24)26-13-16-11-17(21)6-9-19(16)25-3/h4-11H,13H2,1-3H3/b15-10+. The minimum Gasteiger partial charge on any atom is -0.496 e. The molecule has 2 rings (SSSR count). The monoisotopic (exact) mass is 354 g/mol. The van der Waals surface area contributed by atoms with Crippen LogP contribution in [-0.2, 0) is 16.1 Å². The first-order valence-electron chi connectivity index (χ1n) is 7.83. The molecule has 5 nitrogen and oxygen atoms in total. The number of hydrogen-bond acceptors (Lipinski definition) is 5. The summed E-state index contributed by atoms with van der Waals surface area (Å²) in [6.45, 7) is -0.196. The summed E-state index contributed by atoms with van der Waals surface area (Å²) in [5.41, 5.74) is 1.94. The van der Waals surface area contributed by atoms with E-state index < -0.39 is 11.8 Å². The van der Waals surface area contributed by atoms with Crippen LogP contribution >= 0.6 is 0 Å². The first-order valence-corrected chi connectivity index (χ1v) is 7.83. The predicted molar refractivity (Wildman–Crippen MR) is 97.1 cm³/mol. The highest BCUT2D eigenvalue weighted by molar-refractivity contribution is 5.97. The fourth-order valence-electron chi connectivity index (χ4n) is 2.25. The second kappa shape index (κ2) is 8.67. The number of carbonyl (C=O) groups excluding carboxylic acids is 1. The topological polar surface area (TPSA) is 62.6 Å². The number of carbonyl (C=O) groups is 1. The molecule has 0 spiro atoms. The van der Waals surface area contributed by atoms with Crippen LogP contribution in [0.25, 0.3) is 6.08 Å². The van der Waals surface area contributed by atoms with Gasteiger partial charge in [0.2, 0.25) is 0 Å². The number of nitrogens with zero attached hydrogens (tertiary/aromatic N) is 2. The van der Waals surface area contributed by atoms with Crippen molar-refractivity contribution in [2.24, 2.45) is 0 Å². The van der Waals surface area contributed by atoms with Crippen LogP contribution in [0.5, 0.6) is 5.75 Å². The Morgan fingerprint density at radius 3 is 2.50 bits per heavy atom. The first kappa shape index (κ1) is 19.0. The Balaban J connectivity index is 2.11. The van der Waals surface area contributed by atoms with E-state index in [9.17, 15) is 14.4 Å². The van der Waals surface area contributed by atoms with Crippen molar-refractivity contribution in [3.63, 3.8) is 0 Å². The molecule has 0 N–H and O–H groups in total. The third kappa shape index (κ3) is 4.84. The van der Waals surface area contributed by atoms with Gasteiger partial charge in [-0.15, -0.1) is 0 Å². The van der Waals surface area contributed by atoms with Crippen LogP contribution in [0.4, 0.5) is 10.1 Å². The molecule has 0 heterocycles. The van der Waals surface area contributed by atoms with Gasteiger partial charge in [-0.05, 0) is 42.0 Å². The summed E-state index contributed by atoms with van der Waals surface area (Å²) in [5.74, 6) is -0.842. The highest BCUT2D eigenvalue weighted by Gasteiger charge is 2.13. The molecule has 0 aromatic heterocycles. The number of hydrogen-bond donors (Lipinski definition) is 0. The average molecular weight is 354 g/mol. The lowest BCUT2D eigenvalue weighted by Gasteiger charge is -2.12. The van der Waals surface area contributed by atoms with E-state index in [1.807, 2.05) is 37.2 Å². The maximum Gasteiger partial charge on any atom is 0.349 e. The molecule has 134 valence electrons. The van der Waals surface area contributed by atoms with Gasteiger partial charge >= 0.3 is 5.97 Å². The normalized spacial score (nSPS) is 10.8. The zero-order chi connectivity index (χ0) is 19.1. The molecule has 2 aromatic carbocycles. The summed E-state index contributed by atoms with van der Waals surface area (Å²) in [7, 11) is 5.28. The molecule has 0 aliphatic heterocycles. The Labute approximate surface area is 151 Å². The van der Waals surface area contributed by atoms with Gasteiger partial charge in [0.1, 0.15) is 29.8 Å². The molecule has 0 radical (unpaired) electrons. The quantitative estimate of drug-likeness (QED) is 0.451. The Bertz CT molecular complexity index is 852. The largest absolute Gasteiger partial charge is 0.496 e. The zero-order valence-corrected chi connectivity index (χ0v) is 14.8. The van der Waals surface area contributed by atoms with Gasteiger partial charge in [0.15, 0.2) is 0 Å². The van der Waals surface area contributed by atoms with Gasteiger partial charge in [-0.1, -0.05) is 12.1 Å². The Hall–Kier alpha value is -3.33. The van der Waals surface area contributed by atoms with Crippen LogP contribution in [-0.4, -0.2) is 27.2 Å². The third-order valence-corrected chi connectivity index (χ3v) is 3.66. The molecule has 0 amide bonds. The lowest BCUT2D eigenvalue weighted by molar-refractivity contribution is -0.139. The molecule has 0 aliphatic carbocycles. The number of esters is 1. The first-order chi connectivity index (χ1) is 12.4. The van der Waals surface area contributed by atoms with Crippen LogP contribution in [0.3, 0.4) is 0 Å². The van der Waals surface area contributed by atoms with E-state index in [1.54, 1.807) is 12.1 Å². The predicted octanol–water partition coefficient (Wildman–Crippen LogP) is 3.55. The van der Waals surface area contributed by atoms with E-state index >= 15 is 0 Å². The summed E-state index contributed by atoms with van der Waals surface area (Å²) >= 11 is 0. The summed E-state index contributed by atoms with van der Waals surface area (Å²) in [6, 6.07) is 13.1. The number of rotatable bonds is 6. The lowest BCUT2D eigenvalue weighted by Crippen LogP contribution is -2.08. The molecule has 26 heavy (non-hydrogen) atoms. The van der Waals surface area contributed by atoms with Crippen LogP contribution in [0.15, 0.2) is 48.0 Å². The highest BCUT2D eigenvalue weighted by Crippen LogP contribution is 2.21. The van der Waals surface area contributed by atoms with Gasteiger partial charge in [-0.3, -0.25) is 0 Å². The van der Waals surface area contributed by atoms with E-state index in [0.717, 1.165) is 5.69 Å². The van der Waals surface area contributed by atoms with E-state index in [0.29, 0.717) is 16.9 Å². The maximum atomic E-state index is 13.3. The fraction of sp³-hybridized carbons (Fsp3) is 0.200. The van der Waals surface area contributed by atoms with Crippen molar-refractivity contribution in [1.29, 1.82) is 5.26 Å². The van der Waals surface area contributed by atoms with E-state index in [-0.39, 0.29) is 12.2 Å². The molecular weight excluding hydrogens is 335 g/mol. The van der Waals surface area contributed by atoms with E-state index in [4.69, 9.17) is 9.47 Å². The van der Waals surface area contributed by atoms with Gasteiger partial charge < -0.3 is 14.4 Å². The molecule has 2 aromatic rings. The van der Waals surface area contributed by atoms with Crippen molar-refractivity contribution >= 4 is 17.7 Å². The molecule has 0 unspecified atom stereocenters. The third-order valence-electron chi connectivity index (χ3n) is 3.66. The number of methoxy groups -OCH3 is 1. The van der Waals surface area contributed by atoms with Crippen molar-refractivity contribution in [3.8, 4) is 11.8 Å². The van der Waals surface area contributed by atoms with Crippen LogP contribution in [0.1, 0.15) is 11.1 Å². The van der Waals surface area contributed by atoms with Crippen LogP contribution in [0, 0.1) is 17.1 Å². The van der Waals surface area contributed by atoms with E-state index in [1.165, 1.54) is 31.4 Å². The van der Waals surface area contributed by atoms with Crippen molar-refractivity contribution in [2.75, 3.05) is 26.1 Å². The molecule has 0 bridgehead atoms. The van der Waals surface area contributed by atoms with Gasteiger partial charge in [0.05, 0.1) is 7.11 Å². The van der Waals surface area contributed by atoms with Crippen molar-refractivity contribution in [2.45, 2.75) is 6.61 Å². The molecular formula is C20H19FN2O3. The zero-order valence-electron chi connectivity index (χ0n) is 14.8. The summed E-state index contributed by atoms with van der Waals surface area (Å²) in [4.78, 5) is 14.1. The Kier molecular flexibility index (Phi) is 6.34. The smallest absolute Gasteiger partial charge is 0.349 e. The molecule has 0 saturated heterocycles. The second-order valence-electron chi connectivity index (χ2n) is 5.69. The highest BCUT2D eigenvalue weighted by atomic mass is 19.1. The van der Waals surface area contributed by atoms with Crippen LogP contribution < -0.4 is 9.64 Å². The summed E-state index contributed by atoms with van der Waals surface area (Å²) < 4.78 is 23.6. The van der Waals surface area contributed by atoms with Gasteiger partial charge in [-0.25, -0.2) is 9.18 Å². The summed E-state index contributed by atoms with van der Waals surface area (Å²) in [5, 5.41) is 9.23.